The Bertz CT molecular complexity index is 398. The average Bonchev–Trinajstić information content (AvgIpc) is 2.67. The number of nitrogens with one attached hydrogen (secondary N) is 1. The molecule has 0 aliphatic rings. The summed E-state index contributed by atoms with van der Waals surface area (Å²) in [6.45, 7) is 10.2. The molecule has 5 heteroatoms. The van der Waals surface area contributed by atoms with Gasteiger partial charge in [-0.1, -0.05) is 97.6 Å². The molecule has 2 atom stereocenters. The molecule has 0 saturated carbocycles. The monoisotopic (exact) mass is 383 g/mol. The largest absolute Gasteiger partial charge is 0.464 e. The van der Waals surface area contributed by atoms with Gasteiger partial charge in [0.05, 0.1) is 6.61 Å². The van der Waals surface area contributed by atoms with Crippen molar-refractivity contribution in [3.8, 4) is 0 Å². The highest BCUT2D eigenvalue weighted by Crippen LogP contribution is 2.12. The zero-order valence-electron chi connectivity index (χ0n) is 17.8. The van der Waals surface area contributed by atoms with Crippen LogP contribution >= 0.6 is 0 Å². The lowest BCUT2D eigenvalue weighted by Gasteiger charge is -2.22. The van der Waals surface area contributed by atoms with E-state index in [-0.39, 0.29) is 18.5 Å². The van der Waals surface area contributed by atoms with Crippen LogP contribution in [0.1, 0.15) is 91.4 Å². The van der Waals surface area contributed by atoms with E-state index in [0.29, 0.717) is 6.61 Å². The first-order valence-electron chi connectivity index (χ1n) is 10.8. The minimum atomic E-state index is -0.671. The quantitative estimate of drug-likeness (QED) is 0.196. The van der Waals surface area contributed by atoms with Gasteiger partial charge < -0.3 is 14.8 Å². The van der Waals surface area contributed by atoms with Crippen LogP contribution in [0, 0.1) is 5.92 Å². The van der Waals surface area contributed by atoms with Gasteiger partial charge in [-0.25, -0.2) is 9.59 Å². The van der Waals surface area contributed by atoms with Crippen molar-refractivity contribution in [2.45, 2.75) is 97.4 Å². The number of amides is 1. The number of hydrogen-bond acceptors (Lipinski definition) is 4. The van der Waals surface area contributed by atoms with E-state index in [1.165, 1.54) is 57.4 Å². The number of unbranched alkanes of at least 4 members (excludes halogenated alkanes) is 9. The lowest BCUT2D eigenvalue weighted by Crippen LogP contribution is -2.46. The van der Waals surface area contributed by atoms with Crippen LogP contribution in [0.15, 0.2) is 12.7 Å². The molecule has 27 heavy (non-hydrogen) atoms. The van der Waals surface area contributed by atoms with Crippen LogP contribution in [0.25, 0.3) is 0 Å². The predicted molar refractivity (Wildman–Crippen MR) is 111 cm³/mol. The number of ether oxygens (including phenoxy) is 2. The van der Waals surface area contributed by atoms with Crippen LogP contribution in [0.3, 0.4) is 0 Å². The Morgan fingerprint density at radius 3 is 2.00 bits per heavy atom. The molecular formula is C22H41NO4. The summed E-state index contributed by atoms with van der Waals surface area (Å²) in [7, 11) is 0. The molecule has 0 aromatic heterocycles. The molecule has 0 aliphatic heterocycles. The predicted octanol–water partition coefficient (Wildman–Crippen LogP) is 5.78. The number of carbonyl (C=O) groups is 2. The van der Waals surface area contributed by atoms with Crippen molar-refractivity contribution in [1.29, 1.82) is 0 Å². The summed E-state index contributed by atoms with van der Waals surface area (Å²) in [5, 5.41) is 2.61. The third-order valence-electron chi connectivity index (χ3n) is 4.81. The summed E-state index contributed by atoms with van der Waals surface area (Å²) in [5.74, 6) is -0.391. The van der Waals surface area contributed by atoms with Gasteiger partial charge in [0.15, 0.2) is 0 Å². The summed E-state index contributed by atoms with van der Waals surface area (Å²) in [6, 6.07) is -0.671. The number of rotatable bonds is 17. The van der Waals surface area contributed by atoms with Crippen LogP contribution < -0.4 is 5.32 Å². The van der Waals surface area contributed by atoms with E-state index < -0.39 is 12.1 Å². The molecule has 0 aromatic rings. The van der Waals surface area contributed by atoms with Crippen molar-refractivity contribution in [3.05, 3.63) is 12.7 Å². The fraction of sp³-hybridized carbons (Fsp3) is 0.818. The second-order valence-corrected chi connectivity index (χ2v) is 7.24. The Morgan fingerprint density at radius 1 is 0.926 bits per heavy atom. The molecule has 0 bridgehead atoms. The maximum absolute atomic E-state index is 12.3. The molecule has 0 fully saturated rings. The van der Waals surface area contributed by atoms with Crippen molar-refractivity contribution < 1.29 is 19.1 Å². The first-order valence-corrected chi connectivity index (χ1v) is 10.8. The molecule has 0 spiro atoms. The van der Waals surface area contributed by atoms with Gasteiger partial charge >= 0.3 is 12.1 Å². The third-order valence-corrected chi connectivity index (χ3v) is 4.81. The van der Waals surface area contributed by atoms with Crippen LogP contribution in [0.4, 0.5) is 4.79 Å². The Hall–Kier alpha value is -1.52. The molecule has 158 valence electrons. The van der Waals surface area contributed by atoms with Gasteiger partial charge in [-0.2, -0.15) is 0 Å². The average molecular weight is 384 g/mol. The fourth-order valence-corrected chi connectivity index (χ4v) is 2.82. The van der Waals surface area contributed by atoms with Gasteiger partial charge in [-0.05, 0) is 12.3 Å². The molecule has 5 nitrogen and oxygen atoms in total. The summed E-state index contributed by atoms with van der Waals surface area (Å²) in [4.78, 5) is 24.0. The zero-order valence-corrected chi connectivity index (χ0v) is 17.8. The van der Waals surface area contributed by atoms with Crippen LogP contribution in [-0.2, 0) is 14.3 Å². The summed E-state index contributed by atoms with van der Waals surface area (Å²) in [6.07, 6.45) is 14.0. The molecule has 1 amide bonds. The molecule has 0 radical (unpaired) electrons. The van der Waals surface area contributed by atoms with Gasteiger partial charge in [0, 0.05) is 0 Å². The van der Waals surface area contributed by atoms with Gasteiger partial charge in [0.25, 0.3) is 0 Å². The Balaban J connectivity index is 3.90. The summed E-state index contributed by atoms with van der Waals surface area (Å²) < 4.78 is 10.3. The normalized spacial score (nSPS) is 12.9. The molecule has 0 saturated heterocycles. The zero-order chi connectivity index (χ0) is 20.3. The smallest absolute Gasteiger partial charge is 0.408 e. The van der Waals surface area contributed by atoms with Crippen molar-refractivity contribution in [3.63, 3.8) is 0 Å². The standard InChI is InChI=1S/C22H41NO4/c1-5-8-9-10-11-12-13-14-15-16-18-26-21(24)20(19(4)7-3)23-22(25)27-17-6-2/h6,19-20H,2,5,7-18H2,1,3-4H3,(H,23,25)/t19?,20-/m0/s1. The van der Waals surface area contributed by atoms with E-state index in [1.54, 1.807) is 0 Å². The Kier molecular flexibility index (Phi) is 16.9. The second kappa shape index (κ2) is 17.9. The molecule has 0 rings (SSSR count). The van der Waals surface area contributed by atoms with Crippen molar-refractivity contribution in [1.82, 2.24) is 5.32 Å². The van der Waals surface area contributed by atoms with Gasteiger partial charge in [-0.15, -0.1) is 0 Å². The molecular weight excluding hydrogens is 342 g/mol. The molecule has 1 unspecified atom stereocenters. The molecule has 0 aromatic carbocycles. The van der Waals surface area contributed by atoms with E-state index in [1.807, 2.05) is 13.8 Å². The molecule has 1 N–H and O–H groups in total. The lowest BCUT2D eigenvalue weighted by molar-refractivity contribution is -0.147. The van der Waals surface area contributed by atoms with E-state index in [0.717, 1.165) is 19.3 Å². The Labute approximate surface area is 166 Å². The highest BCUT2D eigenvalue weighted by molar-refractivity contribution is 5.81. The number of hydrogen-bond donors (Lipinski definition) is 1. The summed E-state index contributed by atoms with van der Waals surface area (Å²) >= 11 is 0. The van der Waals surface area contributed by atoms with Crippen molar-refractivity contribution in [2.75, 3.05) is 13.2 Å². The van der Waals surface area contributed by atoms with Gasteiger partial charge in [0.2, 0.25) is 0 Å². The highest BCUT2D eigenvalue weighted by atomic mass is 16.6. The third kappa shape index (κ3) is 14.2. The maximum atomic E-state index is 12.3. The van der Waals surface area contributed by atoms with E-state index in [2.05, 4.69) is 18.8 Å². The maximum Gasteiger partial charge on any atom is 0.408 e. The topological polar surface area (TPSA) is 64.6 Å². The molecule has 0 heterocycles. The summed E-state index contributed by atoms with van der Waals surface area (Å²) in [5.41, 5.74) is 0. The number of esters is 1. The van der Waals surface area contributed by atoms with Crippen molar-refractivity contribution in [2.24, 2.45) is 5.92 Å². The van der Waals surface area contributed by atoms with E-state index >= 15 is 0 Å². The highest BCUT2D eigenvalue weighted by Gasteiger charge is 2.27. The van der Waals surface area contributed by atoms with Crippen LogP contribution in [-0.4, -0.2) is 31.3 Å². The van der Waals surface area contributed by atoms with Crippen LogP contribution in [0.5, 0.6) is 0 Å². The van der Waals surface area contributed by atoms with E-state index in [4.69, 9.17) is 9.47 Å². The minimum Gasteiger partial charge on any atom is -0.464 e. The first kappa shape index (κ1) is 25.5. The van der Waals surface area contributed by atoms with Crippen molar-refractivity contribution >= 4 is 12.1 Å². The minimum absolute atomic E-state index is 0.0125. The number of carbonyl (C=O) groups excluding carboxylic acids is 2. The van der Waals surface area contributed by atoms with Crippen LogP contribution in [0.2, 0.25) is 0 Å². The lowest BCUT2D eigenvalue weighted by atomic mass is 9.99. The van der Waals surface area contributed by atoms with Gasteiger partial charge in [-0.3, -0.25) is 0 Å². The number of alkyl carbamates (subject to hydrolysis) is 1. The molecule has 0 aliphatic carbocycles. The van der Waals surface area contributed by atoms with Gasteiger partial charge in [0.1, 0.15) is 12.6 Å². The first-order chi connectivity index (χ1) is 13.1. The SMILES string of the molecule is C=CCOC(=O)N[C@H](C(=O)OCCCCCCCCCCCC)C(C)CC. The second-order valence-electron chi connectivity index (χ2n) is 7.24. The van der Waals surface area contributed by atoms with E-state index in [9.17, 15) is 9.59 Å². The Morgan fingerprint density at radius 2 is 1.48 bits per heavy atom. The fourth-order valence-electron chi connectivity index (χ4n) is 2.82.